The molecule has 0 radical (unpaired) electrons. The van der Waals surface area contributed by atoms with E-state index in [4.69, 9.17) is 10.00 Å². The molecule has 0 saturated carbocycles. The molecule has 1 N–H and O–H groups in total. The number of hydrogen-bond acceptors (Lipinski definition) is 5. The highest BCUT2D eigenvalue weighted by atomic mass is 16.5. The zero-order chi connectivity index (χ0) is 14.8. The highest BCUT2D eigenvalue weighted by Crippen LogP contribution is 2.05. The predicted octanol–water partition coefficient (Wildman–Crippen LogP) is 1.37. The van der Waals surface area contributed by atoms with Crippen molar-refractivity contribution in [1.29, 1.82) is 5.26 Å². The van der Waals surface area contributed by atoms with E-state index in [-0.39, 0.29) is 19.4 Å². The molecule has 1 amide bonds. The molecule has 0 bridgehead atoms. The van der Waals surface area contributed by atoms with Crippen LogP contribution in [0.4, 0.5) is 0 Å². The molecule has 0 aliphatic carbocycles. The second-order valence-electron chi connectivity index (χ2n) is 3.78. The summed E-state index contributed by atoms with van der Waals surface area (Å²) in [7, 11) is 0. The second-order valence-corrected chi connectivity index (χ2v) is 3.78. The summed E-state index contributed by atoms with van der Waals surface area (Å²) in [5, 5.41) is 12.3. The van der Waals surface area contributed by atoms with Crippen molar-refractivity contribution >= 4 is 17.6 Å². The fourth-order valence-electron chi connectivity index (χ4n) is 1.43. The molecular weight excluding hydrogens is 258 g/mol. The van der Waals surface area contributed by atoms with Gasteiger partial charge in [-0.1, -0.05) is 30.3 Å². The average Bonchev–Trinajstić information content (AvgIpc) is 2.45. The van der Waals surface area contributed by atoms with Crippen LogP contribution in [0.1, 0.15) is 25.3 Å². The monoisotopic (exact) mass is 273 g/mol. The van der Waals surface area contributed by atoms with Gasteiger partial charge in [-0.3, -0.25) is 9.59 Å². The van der Waals surface area contributed by atoms with Crippen LogP contribution in [0.15, 0.2) is 35.4 Å². The van der Waals surface area contributed by atoms with Crippen molar-refractivity contribution in [1.82, 2.24) is 5.43 Å². The number of hydrogen-bond donors (Lipinski definition) is 1. The Morgan fingerprint density at radius 2 is 2.05 bits per heavy atom. The van der Waals surface area contributed by atoms with Crippen LogP contribution in [0.2, 0.25) is 0 Å². The van der Waals surface area contributed by atoms with Crippen molar-refractivity contribution in [3.8, 4) is 6.07 Å². The molecule has 6 heteroatoms. The number of hydrazone groups is 1. The van der Waals surface area contributed by atoms with E-state index in [0.29, 0.717) is 11.3 Å². The third kappa shape index (κ3) is 5.31. The van der Waals surface area contributed by atoms with Gasteiger partial charge in [0.15, 0.2) is 0 Å². The summed E-state index contributed by atoms with van der Waals surface area (Å²) < 4.78 is 4.86. The third-order valence-corrected chi connectivity index (χ3v) is 2.28. The van der Waals surface area contributed by atoms with E-state index in [1.54, 1.807) is 37.3 Å². The maximum atomic E-state index is 11.5. The lowest BCUT2D eigenvalue weighted by molar-refractivity contribution is -0.141. The summed E-state index contributed by atoms with van der Waals surface area (Å²) >= 11 is 0. The van der Waals surface area contributed by atoms with E-state index in [9.17, 15) is 9.59 Å². The van der Waals surface area contributed by atoms with Crippen LogP contribution >= 0.6 is 0 Å². The molecule has 0 saturated heterocycles. The van der Waals surface area contributed by atoms with Crippen molar-refractivity contribution in [2.24, 2.45) is 5.10 Å². The molecule has 1 aromatic rings. The number of ether oxygens (including phenoxy) is 1. The van der Waals surface area contributed by atoms with Crippen molar-refractivity contribution < 1.29 is 14.3 Å². The van der Waals surface area contributed by atoms with Gasteiger partial charge in [0, 0.05) is 0 Å². The highest BCUT2D eigenvalue weighted by Gasteiger charge is 2.11. The van der Waals surface area contributed by atoms with Crippen molar-refractivity contribution in [2.45, 2.75) is 19.8 Å². The van der Waals surface area contributed by atoms with Gasteiger partial charge in [-0.2, -0.15) is 10.4 Å². The van der Waals surface area contributed by atoms with Gasteiger partial charge in [-0.15, -0.1) is 0 Å². The maximum Gasteiger partial charge on any atom is 0.311 e. The summed E-state index contributed by atoms with van der Waals surface area (Å²) in [6.07, 6.45) is -0.338. The van der Waals surface area contributed by atoms with Crippen LogP contribution in [0.3, 0.4) is 0 Å². The van der Waals surface area contributed by atoms with Gasteiger partial charge in [0.25, 0.3) is 5.91 Å². The Hall–Kier alpha value is -2.68. The van der Waals surface area contributed by atoms with Crippen LogP contribution in [0.5, 0.6) is 0 Å². The SMILES string of the molecule is CCOC(=O)C/C(=N/NC(=O)CC#N)c1ccccc1. The second kappa shape index (κ2) is 8.43. The van der Waals surface area contributed by atoms with E-state index in [2.05, 4.69) is 10.5 Å². The standard InChI is InChI=1S/C14H15N3O3/c1-2-20-14(19)10-12(11-6-4-3-5-7-11)16-17-13(18)8-9-15/h3-7H,2,8,10H2,1H3,(H,17,18)/b16-12-. The minimum absolute atomic E-state index is 0.0509. The summed E-state index contributed by atoms with van der Waals surface area (Å²) in [5.41, 5.74) is 3.34. The first-order valence-electron chi connectivity index (χ1n) is 6.10. The summed E-state index contributed by atoms with van der Waals surface area (Å²) in [5.74, 6) is -0.950. The van der Waals surface area contributed by atoms with Gasteiger partial charge in [-0.05, 0) is 12.5 Å². The molecule has 20 heavy (non-hydrogen) atoms. The van der Waals surface area contributed by atoms with E-state index in [0.717, 1.165) is 0 Å². The van der Waals surface area contributed by atoms with Gasteiger partial charge < -0.3 is 4.74 Å². The smallest absolute Gasteiger partial charge is 0.311 e. The van der Waals surface area contributed by atoms with E-state index >= 15 is 0 Å². The van der Waals surface area contributed by atoms with Crippen molar-refractivity contribution in [3.05, 3.63) is 35.9 Å². The first kappa shape index (κ1) is 15.4. The molecule has 104 valence electrons. The van der Waals surface area contributed by atoms with E-state index in [1.165, 1.54) is 0 Å². The number of benzene rings is 1. The molecule has 0 unspecified atom stereocenters. The normalized spacial score (nSPS) is 10.5. The number of nitrogens with one attached hydrogen (secondary N) is 1. The third-order valence-electron chi connectivity index (χ3n) is 2.28. The molecule has 0 aliphatic rings. The predicted molar refractivity (Wildman–Crippen MR) is 72.6 cm³/mol. The number of carbonyl (C=O) groups is 2. The Bertz CT molecular complexity index is 532. The number of nitriles is 1. The van der Waals surface area contributed by atoms with Crippen LogP contribution in [-0.2, 0) is 14.3 Å². The quantitative estimate of drug-likeness (QED) is 0.481. The first-order chi connectivity index (χ1) is 9.67. The molecule has 0 heterocycles. The Balaban J connectivity index is 2.85. The lowest BCUT2D eigenvalue weighted by Gasteiger charge is -2.06. The van der Waals surface area contributed by atoms with Gasteiger partial charge in [0.05, 0.1) is 24.8 Å². The van der Waals surface area contributed by atoms with Gasteiger partial charge >= 0.3 is 5.97 Å². The van der Waals surface area contributed by atoms with Crippen LogP contribution in [-0.4, -0.2) is 24.2 Å². The summed E-state index contributed by atoms with van der Waals surface area (Å²) in [6.45, 7) is 1.99. The summed E-state index contributed by atoms with van der Waals surface area (Å²) in [4.78, 5) is 22.8. The van der Waals surface area contributed by atoms with Crippen LogP contribution in [0, 0.1) is 11.3 Å². The Kier molecular flexibility index (Phi) is 6.48. The zero-order valence-corrected chi connectivity index (χ0v) is 11.1. The Morgan fingerprint density at radius 3 is 2.65 bits per heavy atom. The topological polar surface area (TPSA) is 91.5 Å². The van der Waals surface area contributed by atoms with Crippen molar-refractivity contribution in [2.75, 3.05) is 6.61 Å². The molecule has 0 aliphatic heterocycles. The lowest BCUT2D eigenvalue weighted by Crippen LogP contribution is -2.21. The number of amides is 1. The molecule has 6 nitrogen and oxygen atoms in total. The van der Waals surface area contributed by atoms with Crippen LogP contribution < -0.4 is 5.43 Å². The van der Waals surface area contributed by atoms with Gasteiger partial charge in [0.2, 0.25) is 0 Å². The molecule has 0 fully saturated rings. The van der Waals surface area contributed by atoms with E-state index in [1.807, 2.05) is 6.07 Å². The highest BCUT2D eigenvalue weighted by molar-refractivity contribution is 6.09. The number of rotatable bonds is 6. The molecule has 1 rings (SSSR count). The minimum Gasteiger partial charge on any atom is -0.466 e. The molecule has 0 aromatic heterocycles. The van der Waals surface area contributed by atoms with Crippen molar-refractivity contribution in [3.63, 3.8) is 0 Å². The Morgan fingerprint density at radius 1 is 1.35 bits per heavy atom. The lowest BCUT2D eigenvalue weighted by atomic mass is 10.1. The van der Waals surface area contributed by atoms with Gasteiger partial charge in [-0.25, -0.2) is 5.43 Å². The first-order valence-corrected chi connectivity index (χ1v) is 6.10. The fraction of sp³-hybridized carbons (Fsp3) is 0.286. The van der Waals surface area contributed by atoms with Gasteiger partial charge in [0.1, 0.15) is 6.42 Å². The maximum absolute atomic E-state index is 11.5. The van der Waals surface area contributed by atoms with E-state index < -0.39 is 11.9 Å². The molecule has 1 aromatic carbocycles. The zero-order valence-electron chi connectivity index (χ0n) is 11.1. The fourth-order valence-corrected chi connectivity index (χ4v) is 1.43. The average molecular weight is 273 g/mol. The Labute approximate surface area is 117 Å². The minimum atomic E-state index is -0.523. The molecular formula is C14H15N3O3. The number of esters is 1. The number of carbonyl (C=O) groups excluding carboxylic acids is 2. The van der Waals surface area contributed by atoms with Crippen LogP contribution in [0.25, 0.3) is 0 Å². The largest absolute Gasteiger partial charge is 0.466 e. The molecule has 0 spiro atoms. The number of nitrogens with zero attached hydrogens (tertiary/aromatic N) is 2. The molecule has 0 atom stereocenters. The summed E-state index contributed by atoms with van der Waals surface area (Å²) in [6, 6.07) is 10.7.